The van der Waals surface area contributed by atoms with Crippen LogP contribution in [0.3, 0.4) is 0 Å². The Hall–Kier alpha value is -3.19. The van der Waals surface area contributed by atoms with Crippen LogP contribution < -0.4 is 9.47 Å². The number of amides is 1. The van der Waals surface area contributed by atoms with Crippen molar-refractivity contribution in [3.63, 3.8) is 0 Å². The largest absolute Gasteiger partial charge is 0.507 e. The van der Waals surface area contributed by atoms with Gasteiger partial charge in [0.15, 0.2) is 11.5 Å². The molecule has 1 aliphatic rings. The number of unbranched alkanes of at least 4 members (excludes halogenated alkanes) is 1. The molecule has 0 saturated heterocycles. The number of ether oxygens (including phenoxy) is 2. The van der Waals surface area contributed by atoms with Gasteiger partial charge in [-0.15, -0.1) is 0 Å². The standard InChI is InChI=1S/C28H34ClN3O4/c1-6-7-11-32-27(18-8-9-22(23(14-18)35-5)36-12-10-16(2)3)24-25(30-31-26(24)28(32)34)19-15-20(29)17(4)13-21(19)33/h8-9,13-16,27,33H,6-7,10-12H2,1-5H3,(H,30,31). The number of hydrogen-bond donors (Lipinski definition) is 2. The molecule has 1 unspecified atom stereocenters. The summed E-state index contributed by atoms with van der Waals surface area (Å²) in [6, 6.07) is 8.71. The molecule has 8 heteroatoms. The van der Waals surface area contributed by atoms with Crippen LogP contribution in [0.1, 0.15) is 73.3 Å². The number of phenols is 1. The fraction of sp³-hybridized carbons (Fsp3) is 0.429. The number of aromatic nitrogens is 2. The first-order valence-electron chi connectivity index (χ1n) is 12.5. The number of fused-ring (bicyclic) bond motifs is 1. The molecule has 192 valence electrons. The van der Waals surface area contributed by atoms with Crippen molar-refractivity contribution < 1.29 is 19.4 Å². The van der Waals surface area contributed by atoms with Crippen LogP contribution in [0.2, 0.25) is 5.02 Å². The Balaban J connectivity index is 1.80. The molecule has 2 heterocycles. The molecule has 1 amide bonds. The SMILES string of the molecule is CCCCN1C(=O)c2[nH]nc(-c3cc(Cl)c(C)cc3O)c2C1c1ccc(OCCC(C)C)c(OC)c1. The van der Waals surface area contributed by atoms with E-state index >= 15 is 0 Å². The van der Waals surface area contributed by atoms with Gasteiger partial charge in [0.05, 0.1) is 19.8 Å². The number of halogens is 1. The van der Waals surface area contributed by atoms with Crippen LogP contribution >= 0.6 is 11.6 Å². The minimum Gasteiger partial charge on any atom is -0.507 e. The number of nitrogens with one attached hydrogen (secondary N) is 1. The summed E-state index contributed by atoms with van der Waals surface area (Å²) < 4.78 is 11.7. The van der Waals surface area contributed by atoms with Gasteiger partial charge in [-0.1, -0.05) is 44.9 Å². The second-order valence-electron chi connectivity index (χ2n) is 9.68. The lowest BCUT2D eigenvalue weighted by Crippen LogP contribution is -2.30. The smallest absolute Gasteiger partial charge is 0.273 e. The average Bonchev–Trinajstić information content (AvgIpc) is 3.38. The van der Waals surface area contributed by atoms with Gasteiger partial charge in [-0.05, 0) is 61.1 Å². The number of aromatic hydroxyl groups is 1. The summed E-state index contributed by atoms with van der Waals surface area (Å²) in [7, 11) is 1.62. The molecule has 3 aromatic rings. The highest BCUT2D eigenvalue weighted by Gasteiger charge is 2.42. The number of phenolic OH excluding ortho intramolecular Hbond substituents is 1. The lowest BCUT2D eigenvalue weighted by Gasteiger charge is -2.27. The summed E-state index contributed by atoms with van der Waals surface area (Å²) in [4.78, 5) is 15.3. The van der Waals surface area contributed by atoms with Gasteiger partial charge in [0.1, 0.15) is 17.1 Å². The third kappa shape index (κ3) is 4.89. The van der Waals surface area contributed by atoms with Crippen LogP contribution in [0, 0.1) is 12.8 Å². The first kappa shape index (κ1) is 25.9. The molecule has 1 aliphatic heterocycles. The Morgan fingerprint density at radius 3 is 2.69 bits per heavy atom. The van der Waals surface area contributed by atoms with Crippen molar-refractivity contribution in [2.75, 3.05) is 20.3 Å². The molecule has 2 N–H and O–H groups in total. The minimum atomic E-state index is -0.397. The summed E-state index contributed by atoms with van der Waals surface area (Å²) in [5.41, 5.74) is 3.80. The highest BCUT2D eigenvalue weighted by Crippen LogP contribution is 2.46. The van der Waals surface area contributed by atoms with Crippen LogP contribution in [0.5, 0.6) is 17.2 Å². The highest BCUT2D eigenvalue weighted by molar-refractivity contribution is 6.31. The molecule has 1 atom stereocenters. The number of aryl methyl sites for hydroxylation is 1. The first-order chi connectivity index (χ1) is 17.3. The van der Waals surface area contributed by atoms with Crippen molar-refractivity contribution in [1.29, 1.82) is 0 Å². The van der Waals surface area contributed by atoms with E-state index in [0.29, 0.717) is 52.5 Å². The van der Waals surface area contributed by atoms with Crippen LogP contribution in [0.25, 0.3) is 11.3 Å². The van der Waals surface area contributed by atoms with Gasteiger partial charge in [0.25, 0.3) is 5.91 Å². The van der Waals surface area contributed by atoms with Gasteiger partial charge in [0.2, 0.25) is 0 Å². The number of carbonyl (C=O) groups is 1. The average molecular weight is 512 g/mol. The fourth-order valence-corrected chi connectivity index (χ4v) is 4.71. The Bertz CT molecular complexity index is 1250. The van der Waals surface area contributed by atoms with Crippen LogP contribution in [0.15, 0.2) is 30.3 Å². The van der Waals surface area contributed by atoms with E-state index in [-0.39, 0.29) is 11.7 Å². The molecule has 0 aliphatic carbocycles. The quantitative estimate of drug-likeness (QED) is 0.323. The van der Waals surface area contributed by atoms with Crippen LogP contribution in [0.4, 0.5) is 0 Å². The van der Waals surface area contributed by atoms with Gasteiger partial charge in [-0.2, -0.15) is 5.10 Å². The predicted molar refractivity (Wildman–Crippen MR) is 141 cm³/mol. The van der Waals surface area contributed by atoms with E-state index in [0.717, 1.165) is 36.0 Å². The van der Waals surface area contributed by atoms with Crippen molar-refractivity contribution in [1.82, 2.24) is 15.1 Å². The van der Waals surface area contributed by atoms with Gasteiger partial charge in [0, 0.05) is 22.7 Å². The molecule has 36 heavy (non-hydrogen) atoms. The van der Waals surface area contributed by atoms with Crippen molar-refractivity contribution >= 4 is 17.5 Å². The Labute approximate surface area is 217 Å². The summed E-state index contributed by atoms with van der Waals surface area (Å²) in [5.74, 6) is 1.77. The summed E-state index contributed by atoms with van der Waals surface area (Å²) in [6.45, 7) is 9.44. The number of hydrogen-bond acceptors (Lipinski definition) is 5. The van der Waals surface area contributed by atoms with Crippen LogP contribution in [-0.2, 0) is 0 Å². The molecular weight excluding hydrogens is 478 g/mol. The van der Waals surface area contributed by atoms with Crippen molar-refractivity contribution in [2.45, 2.75) is 53.0 Å². The molecular formula is C28H34ClN3O4. The Kier molecular flexibility index (Phi) is 7.79. The fourth-order valence-electron chi connectivity index (χ4n) is 4.54. The van der Waals surface area contributed by atoms with E-state index in [1.165, 1.54) is 0 Å². The molecule has 4 rings (SSSR count). The number of H-pyrrole nitrogens is 1. The third-order valence-electron chi connectivity index (χ3n) is 6.60. The number of benzene rings is 2. The van der Waals surface area contributed by atoms with E-state index in [1.807, 2.05) is 30.0 Å². The van der Waals surface area contributed by atoms with Gasteiger partial charge < -0.3 is 19.5 Å². The van der Waals surface area contributed by atoms with E-state index < -0.39 is 6.04 Å². The Morgan fingerprint density at radius 1 is 1.22 bits per heavy atom. The lowest BCUT2D eigenvalue weighted by molar-refractivity contribution is 0.0741. The molecule has 0 spiro atoms. The first-order valence-corrected chi connectivity index (χ1v) is 12.8. The minimum absolute atomic E-state index is 0.0656. The third-order valence-corrected chi connectivity index (χ3v) is 7.01. The zero-order chi connectivity index (χ0) is 26.0. The van der Waals surface area contributed by atoms with Gasteiger partial charge in [-0.25, -0.2) is 0 Å². The van der Waals surface area contributed by atoms with E-state index in [1.54, 1.807) is 19.2 Å². The monoisotopic (exact) mass is 511 g/mol. The zero-order valence-corrected chi connectivity index (χ0v) is 22.3. The maximum absolute atomic E-state index is 13.5. The maximum atomic E-state index is 13.5. The zero-order valence-electron chi connectivity index (χ0n) is 21.5. The molecule has 0 bridgehead atoms. The molecule has 2 aromatic carbocycles. The highest BCUT2D eigenvalue weighted by atomic mass is 35.5. The normalized spacial score (nSPS) is 15.0. The van der Waals surface area contributed by atoms with Crippen molar-refractivity contribution in [3.8, 4) is 28.5 Å². The second-order valence-corrected chi connectivity index (χ2v) is 10.1. The molecule has 7 nitrogen and oxygen atoms in total. The van der Waals surface area contributed by atoms with Crippen molar-refractivity contribution in [3.05, 3.63) is 57.7 Å². The number of carbonyl (C=O) groups excluding carboxylic acids is 1. The van der Waals surface area contributed by atoms with Crippen LogP contribution in [-0.4, -0.2) is 46.4 Å². The molecule has 0 radical (unpaired) electrons. The maximum Gasteiger partial charge on any atom is 0.273 e. The number of nitrogens with zero attached hydrogens (tertiary/aromatic N) is 2. The topological polar surface area (TPSA) is 87.7 Å². The Morgan fingerprint density at radius 2 is 2.00 bits per heavy atom. The van der Waals surface area contributed by atoms with Crippen molar-refractivity contribution in [2.24, 2.45) is 5.92 Å². The van der Waals surface area contributed by atoms with E-state index in [9.17, 15) is 9.90 Å². The molecule has 0 saturated carbocycles. The second kappa shape index (κ2) is 10.8. The van der Waals surface area contributed by atoms with Gasteiger partial charge in [-0.3, -0.25) is 9.89 Å². The number of methoxy groups -OCH3 is 1. The number of aromatic amines is 1. The van der Waals surface area contributed by atoms with E-state index in [4.69, 9.17) is 21.1 Å². The van der Waals surface area contributed by atoms with Gasteiger partial charge >= 0.3 is 0 Å². The van der Waals surface area contributed by atoms with E-state index in [2.05, 4.69) is 31.0 Å². The summed E-state index contributed by atoms with van der Waals surface area (Å²) in [5, 5.41) is 18.6. The number of rotatable bonds is 10. The predicted octanol–water partition coefficient (Wildman–Crippen LogP) is 6.52. The molecule has 1 aromatic heterocycles. The summed E-state index contributed by atoms with van der Waals surface area (Å²) in [6.07, 6.45) is 2.76. The molecule has 0 fully saturated rings. The summed E-state index contributed by atoms with van der Waals surface area (Å²) >= 11 is 6.39. The lowest BCUT2D eigenvalue weighted by atomic mass is 9.95.